The van der Waals surface area contributed by atoms with E-state index >= 15 is 0 Å². The van der Waals surface area contributed by atoms with Gasteiger partial charge in [-0.1, -0.05) is 42.0 Å². The highest BCUT2D eigenvalue weighted by molar-refractivity contribution is 5.94. The molecule has 158 valence electrons. The van der Waals surface area contributed by atoms with Gasteiger partial charge in [-0.25, -0.2) is 4.68 Å². The molecule has 2 N–H and O–H groups in total. The van der Waals surface area contributed by atoms with Crippen LogP contribution in [0.5, 0.6) is 5.75 Å². The Balaban J connectivity index is 0.000000254. The number of aryl methyl sites for hydroxylation is 2. The number of ether oxygens (including phenoxy) is 1. The number of benzene rings is 3. The number of methoxy groups -OCH3 is 1. The van der Waals surface area contributed by atoms with E-state index in [2.05, 4.69) is 12.0 Å². The van der Waals surface area contributed by atoms with E-state index < -0.39 is 4.92 Å². The summed E-state index contributed by atoms with van der Waals surface area (Å²) in [5.74, 6) is 0.917. The van der Waals surface area contributed by atoms with Gasteiger partial charge in [-0.2, -0.15) is 5.10 Å². The number of rotatable bonds is 3. The molecule has 0 amide bonds. The van der Waals surface area contributed by atoms with Crippen molar-refractivity contribution in [2.45, 2.75) is 6.92 Å². The Morgan fingerprint density at radius 3 is 2.29 bits per heavy atom. The van der Waals surface area contributed by atoms with Crippen molar-refractivity contribution in [3.05, 3.63) is 92.8 Å². The molecule has 0 fully saturated rings. The van der Waals surface area contributed by atoms with E-state index in [0.29, 0.717) is 22.0 Å². The zero-order chi connectivity index (χ0) is 22.5. The standard InChI is InChI=1S/C15H12N4O3.C8H10O/c1-18-15(20)11-5-3-2-4-10(11)14(17-18)9-6-7-12(16)13(8-9)19(21)22;1-7-3-5-8(9-2)6-4-7/h2-8H,16H2,1H3;3-6H,1-2H3. The van der Waals surface area contributed by atoms with Crippen LogP contribution in [0.1, 0.15) is 5.56 Å². The van der Waals surface area contributed by atoms with Crippen molar-refractivity contribution < 1.29 is 9.66 Å². The van der Waals surface area contributed by atoms with Crippen LogP contribution in [-0.4, -0.2) is 21.8 Å². The second-order valence-corrected chi connectivity index (χ2v) is 6.87. The zero-order valence-corrected chi connectivity index (χ0v) is 17.4. The minimum Gasteiger partial charge on any atom is -0.497 e. The third kappa shape index (κ3) is 4.69. The maximum absolute atomic E-state index is 12.1. The molecule has 31 heavy (non-hydrogen) atoms. The molecule has 0 saturated carbocycles. The van der Waals surface area contributed by atoms with Gasteiger partial charge in [-0.05, 0) is 31.2 Å². The lowest BCUT2D eigenvalue weighted by atomic mass is 10.0. The molecule has 0 saturated heterocycles. The van der Waals surface area contributed by atoms with Crippen molar-refractivity contribution in [2.24, 2.45) is 7.05 Å². The molecule has 0 atom stereocenters. The van der Waals surface area contributed by atoms with Crippen molar-refractivity contribution in [1.82, 2.24) is 9.78 Å². The van der Waals surface area contributed by atoms with E-state index in [4.69, 9.17) is 10.5 Å². The summed E-state index contributed by atoms with van der Waals surface area (Å²) < 4.78 is 6.19. The van der Waals surface area contributed by atoms with Gasteiger partial charge in [-0.3, -0.25) is 14.9 Å². The Labute approximate surface area is 178 Å². The molecule has 0 aliphatic carbocycles. The summed E-state index contributed by atoms with van der Waals surface area (Å²) in [6, 6.07) is 19.5. The van der Waals surface area contributed by atoms with Crippen molar-refractivity contribution in [1.29, 1.82) is 0 Å². The van der Waals surface area contributed by atoms with E-state index in [-0.39, 0.29) is 16.9 Å². The summed E-state index contributed by atoms with van der Waals surface area (Å²) in [6.45, 7) is 2.06. The van der Waals surface area contributed by atoms with E-state index in [1.54, 1.807) is 44.5 Å². The van der Waals surface area contributed by atoms with Gasteiger partial charge in [0, 0.05) is 24.1 Å². The van der Waals surface area contributed by atoms with Crippen molar-refractivity contribution >= 4 is 22.1 Å². The van der Waals surface area contributed by atoms with Gasteiger partial charge in [0.15, 0.2) is 0 Å². The van der Waals surface area contributed by atoms with Crippen molar-refractivity contribution in [3.8, 4) is 17.0 Å². The quantitative estimate of drug-likeness (QED) is 0.304. The molecule has 0 unspecified atom stereocenters. The lowest BCUT2D eigenvalue weighted by Crippen LogP contribution is -2.20. The molecule has 0 bridgehead atoms. The zero-order valence-electron chi connectivity index (χ0n) is 17.4. The van der Waals surface area contributed by atoms with Gasteiger partial charge in [0.05, 0.1) is 23.1 Å². The van der Waals surface area contributed by atoms with Crippen LogP contribution in [0.2, 0.25) is 0 Å². The molecule has 8 heteroatoms. The summed E-state index contributed by atoms with van der Waals surface area (Å²) in [5, 5.41) is 16.4. The minimum atomic E-state index is -0.539. The van der Waals surface area contributed by atoms with E-state index in [1.807, 2.05) is 24.3 Å². The van der Waals surface area contributed by atoms with Gasteiger partial charge in [-0.15, -0.1) is 0 Å². The Bertz CT molecular complexity index is 1300. The first-order chi connectivity index (χ1) is 14.8. The Hall–Kier alpha value is -4.20. The first-order valence-electron chi connectivity index (χ1n) is 9.43. The average molecular weight is 418 g/mol. The fraction of sp³-hybridized carbons (Fsp3) is 0.130. The number of aromatic nitrogens is 2. The predicted octanol–water partition coefficient (Wildman–Crippen LogP) is 4.09. The highest BCUT2D eigenvalue weighted by Gasteiger charge is 2.16. The molecule has 8 nitrogen and oxygen atoms in total. The first kappa shape index (κ1) is 21.5. The number of nitrogen functional groups attached to an aromatic ring is 1. The minimum absolute atomic E-state index is 0.0860. The second kappa shape index (κ2) is 9.08. The fourth-order valence-corrected chi connectivity index (χ4v) is 3.04. The van der Waals surface area contributed by atoms with Crippen LogP contribution in [0.15, 0.2) is 71.5 Å². The van der Waals surface area contributed by atoms with Crippen molar-refractivity contribution in [2.75, 3.05) is 12.8 Å². The number of anilines is 1. The third-order valence-corrected chi connectivity index (χ3v) is 4.71. The third-order valence-electron chi connectivity index (χ3n) is 4.71. The predicted molar refractivity (Wildman–Crippen MR) is 121 cm³/mol. The molecule has 4 aromatic rings. The van der Waals surface area contributed by atoms with Gasteiger partial charge >= 0.3 is 0 Å². The highest BCUT2D eigenvalue weighted by atomic mass is 16.6. The molecule has 0 spiro atoms. The van der Waals surface area contributed by atoms with Crippen LogP contribution in [-0.2, 0) is 7.05 Å². The Kier molecular flexibility index (Phi) is 6.30. The van der Waals surface area contributed by atoms with Crippen molar-refractivity contribution in [3.63, 3.8) is 0 Å². The maximum Gasteiger partial charge on any atom is 0.292 e. The molecule has 0 aliphatic rings. The summed E-state index contributed by atoms with van der Waals surface area (Å²) in [6.07, 6.45) is 0. The monoisotopic (exact) mass is 418 g/mol. The molecule has 1 aromatic heterocycles. The lowest BCUT2D eigenvalue weighted by molar-refractivity contribution is -0.383. The Morgan fingerprint density at radius 2 is 1.68 bits per heavy atom. The van der Waals surface area contributed by atoms with Gasteiger partial charge in [0.1, 0.15) is 11.4 Å². The molecule has 4 rings (SSSR count). The van der Waals surface area contributed by atoms with E-state index in [0.717, 1.165) is 5.75 Å². The number of nitro groups is 1. The average Bonchev–Trinajstić information content (AvgIpc) is 2.77. The number of fused-ring (bicyclic) bond motifs is 1. The van der Waals surface area contributed by atoms with Crippen LogP contribution in [0.4, 0.5) is 11.4 Å². The molecule has 3 aromatic carbocycles. The lowest BCUT2D eigenvalue weighted by Gasteiger charge is -2.08. The SMILES string of the molecule is COc1ccc(C)cc1.Cn1nc(-c2ccc(N)c([N+](=O)[O-])c2)c2ccccc2c1=O. The number of nitrogens with zero attached hydrogens (tertiary/aromatic N) is 3. The summed E-state index contributed by atoms with van der Waals surface area (Å²) in [4.78, 5) is 22.6. The molecule has 0 aliphatic heterocycles. The topological polar surface area (TPSA) is 113 Å². The fourth-order valence-electron chi connectivity index (χ4n) is 3.04. The number of hydrogen-bond donors (Lipinski definition) is 1. The second-order valence-electron chi connectivity index (χ2n) is 6.87. The largest absolute Gasteiger partial charge is 0.497 e. The van der Waals surface area contributed by atoms with Crippen LogP contribution in [0, 0.1) is 17.0 Å². The van der Waals surface area contributed by atoms with Crippen LogP contribution < -0.4 is 16.0 Å². The highest BCUT2D eigenvalue weighted by Crippen LogP contribution is 2.30. The smallest absolute Gasteiger partial charge is 0.292 e. The Morgan fingerprint density at radius 1 is 1.03 bits per heavy atom. The summed E-state index contributed by atoms with van der Waals surface area (Å²) >= 11 is 0. The van der Waals surface area contributed by atoms with Gasteiger partial charge < -0.3 is 10.5 Å². The number of hydrogen-bond acceptors (Lipinski definition) is 6. The van der Waals surface area contributed by atoms with Gasteiger partial charge in [0.25, 0.3) is 11.2 Å². The maximum atomic E-state index is 12.1. The summed E-state index contributed by atoms with van der Waals surface area (Å²) in [5.41, 5.74) is 7.60. The molecular weight excluding hydrogens is 396 g/mol. The molecule has 0 radical (unpaired) electrons. The first-order valence-corrected chi connectivity index (χ1v) is 9.43. The van der Waals surface area contributed by atoms with Crippen LogP contribution in [0.3, 0.4) is 0 Å². The van der Waals surface area contributed by atoms with Crippen LogP contribution in [0.25, 0.3) is 22.0 Å². The van der Waals surface area contributed by atoms with E-state index in [9.17, 15) is 14.9 Å². The summed E-state index contributed by atoms with van der Waals surface area (Å²) in [7, 11) is 3.22. The molecular formula is C23H22N4O4. The number of nitro benzene ring substituents is 1. The van der Waals surface area contributed by atoms with Gasteiger partial charge in [0.2, 0.25) is 0 Å². The molecule has 1 heterocycles. The van der Waals surface area contributed by atoms with E-state index in [1.165, 1.54) is 22.4 Å². The normalized spacial score (nSPS) is 10.3. The van der Waals surface area contributed by atoms with Crippen LogP contribution >= 0.6 is 0 Å². The number of nitrogens with two attached hydrogens (primary N) is 1.